The average molecular weight is 496 g/mol. The number of nitrogens with zero attached hydrogens (tertiary/aromatic N) is 3. The van der Waals surface area contributed by atoms with Gasteiger partial charge in [0, 0.05) is 42.6 Å². The number of carbonyl (C=O) groups excluding carboxylic acids is 1. The first-order valence-electron chi connectivity index (χ1n) is 12.4. The molecule has 0 radical (unpaired) electrons. The van der Waals surface area contributed by atoms with Gasteiger partial charge in [-0.3, -0.25) is 14.6 Å². The Kier molecular flexibility index (Phi) is 7.77. The zero-order valence-corrected chi connectivity index (χ0v) is 20.9. The van der Waals surface area contributed by atoms with Crippen LogP contribution >= 0.6 is 11.6 Å². The number of piperazine rings is 1. The standard InChI is InChI=1S/C31H30ClN3O/c32-27-18-16-26(17-19-27)31(25-10-4-1-5-11-25)34-22-20-33(21-23-34)30(24-36)35(28-12-6-2-7-13-28)29-14-8-3-9-15-29/h1-19,24,30-31H,20-23H2. The van der Waals surface area contributed by atoms with Crippen LogP contribution in [0.1, 0.15) is 17.2 Å². The van der Waals surface area contributed by atoms with Gasteiger partial charge in [-0.1, -0.05) is 90.5 Å². The van der Waals surface area contributed by atoms with Crippen LogP contribution < -0.4 is 4.90 Å². The number of aldehydes is 1. The summed E-state index contributed by atoms with van der Waals surface area (Å²) < 4.78 is 0. The molecule has 0 saturated carbocycles. The fourth-order valence-electron chi connectivity index (χ4n) is 5.10. The minimum absolute atomic E-state index is 0.139. The second-order valence-electron chi connectivity index (χ2n) is 9.03. The maximum atomic E-state index is 12.6. The van der Waals surface area contributed by atoms with E-state index >= 15 is 0 Å². The van der Waals surface area contributed by atoms with Gasteiger partial charge >= 0.3 is 0 Å². The van der Waals surface area contributed by atoms with Crippen molar-refractivity contribution in [2.24, 2.45) is 0 Å². The minimum Gasteiger partial charge on any atom is -0.318 e. The van der Waals surface area contributed by atoms with E-state index in [1.54, 1.807) is 0 Å². The van der Waals surface area contributed by atoms with Crippen molar-refractivity contribution in [3.05, 3.63) is 131 Å². The van der Waals surface area contributed by atoms with E-state index in [0.717, 1.165) is 48.9 Å². The zero-order chi connectivity index (χ0) is 24.7. The van der Waals surface area contributed by atoms with Crippen LogP contribution in [-0.2, 0) is 4.79 Å². The molecular weight excluding hydrogens is 466 g/mol. The lowest BCUT2D eigenvalue weighted by molar-refractivity contribution is -0.113. The van der Waals surface area contributed by atoms with Gasteiger partial charge < -0.3 is 4.90 Å². The van der Waals surface area contributed by atoms with E-state index in [1.165, 1.54) is 11.1 Å². The molecule has 1 fully saturated rings. The minimum atomic E-state index is -0.386. The molecule has 0 N–H and O–H groups in total. The summed E-state index contributed by atoms with van der Waals surface area (Å²) in [6.07, 6.45) is 0.687. The third-order valence-electron chi connectivity index (χ3n) is 6.84. The Labute approximate surface area is 218 Å². The molecule has 1 aliphatic rings. The summed E-state index contributed by atoms with van der Waals surface area (Å²) in [6, 6.07) is 39.2. The average Bonchev–Trinajstić information content (AvgIpc) is 2.95. The molecule has 0 spiro atoms. The van der Waals surface area contributed by atoms with Crippen LogP contribution in [0, 0.1) is 0 Å². The topological polar surface area (TPSA) is 26.8 Å². The number of para-hydroxylation sites is 2. The number of carbonyl (C=O) groups is 1. The molecule has 0 aromatic heterocycles. The molecule has 0 aliphatic carbocycles. The second-order valence-corrected chi connectivity index (χ2v) is 9.46. The van der Waals surface area contributed by atoms with Crippen LogP contribution in [0.4, 0.5) is 11.4 Å². The third-order valence-corrected chi connectivity index (χ3v) is 7.10. The molecule has 1 heterocycles. The van der Waals surface area contributed by atoms with Gasteiger partial charge in [0.1, 0.15) is 6.17 Å². The predicted molar refractivity (Wildman–Crippen MR) is 148 cm³/mol. The number of halogens is 1. The van der Waals surface area contributed by atoms with Crippen LogP contribution in [0.25, 0.3) is 0 Å². The van der Waals surface area contributed by atoms with Gasteiger partial charge in [0.05, 0.1) is 6.04 Å². The highest BCUT2D eigenvalue weighted by atomic mass is 35.5. The van der Waals surface area contributed by atoms with Crippen LogP contribution in [0.2, 0.25) is 5.02 Å². The van der Waals surface area contributed by atoms with Crippen molar-refractivity contribution in [3.8, 4) is 0 Å². The Hall–Kier alpha value is -3.44. The Balaban J connectivity index is 1.39. The van der Waals surface area contributed by atoms with Gasteiger partial charge in [0.2, 0.25) is 0 Å². The van der Waals surface area contributed by atoms with Gasteiger partial charge in [-0.2, -0.15) is 0 Å². The number of rotatable bonds is 8. The molecule has 0 amide bonds. The van der Waals surface area contributed by atoms with Crippen molar-refractivity contribution in [2.75, 3.05) is 31.1 Å². The molecule has 36 heavy (non-hydrogen) atoms. The predicted octanol–water partition coefficient (Wildman–Crippen LogP) is 6.41. The molecule has 4 aromatic carbocycles. The molecule has 0 bridgehead atoms. The fraction of sp³-hybridized carbons (Fsp3) is 0.194. The van der Waals surface area contributed by atoms with Crippen LogP contribution in [0.5, 0.6) is 0 Å². The molecule has 5 heteroatoms. The summed E-state index contributed by atoms with van der Waals surface area (Å²) in [5.74, 6) is 0. The first kappa shape index (κ1) is 24.3. The van der Waals surface area contributed by atoms with Crippen molar-refractivity contribution < 1.29 is 4.79 Å². The highest BCUT2D eigenvalue weighted by molar-refractivity contribution is 6.30. The lowest BCUT2D eigenvalue weighted by Gasteiger charge is -2.44. The Morgan fingerprint density at radius 2 is 1.06 bits per heavy atom. The van der Waals surface area contributed by atoms with E-state index in [-0.39, 0.29) is 12.2 Å². The molecule has 1 saturated heterocycles. The van der Waals surface area contributed by atoms with Gasteiger partial charge in [0.15, 0.2) is 6.29 Å². The molecular formula is C31H30ClN3O. The van der Waals surface area contributed by atoms with Crippen LogP contribution in [0.15, 0.2) is 115 Å². The quantitative estimate of drug-likeness (QED) is 0.264. The molecule has 5 rings (SSSR count). The first-order valence-corrected chi connectivity index (χ1v) is 12.8. The molecule has 182 valence electrons. The van der Waals surface area contributed by atoms with Crippen LogP contribution in [-0.4, -0.2) is 48.4 Å². The zero-order valence-electron chi connectivity index (χ0n) is 20.2. The van der Waals surface area contributed by atoms with E-state index in [0.29, 0.717) is 0 Å². The Morgan fingerprint density at radius 3 is 1.56 bits per heavy atom. The van der Waals surface area contributed by atoms with Crippen molar-refractivity contribution in [1.82, 2.24) is 9.80 Å². The number of anilines is 2. The van der Waals surface area contributed by atoms with E-state index in [2.05, 4.69) is 81.4 Å². The molecule has 4 aromatic rings. The summed E-state index contributed by atoms with van der Waals surface area (Å²) in [5.41, 5.74) is 4.50. The van der Waals surface area contributed by atoms with Crippen molar-refractivity contribution in [1.29, 1.82) is 0 Å². The molecule has 4 nitrogen and oxygen atoms in total. The van der Waals surface area contributed by atoms with Crippen molar-refractivity contribution in [3.63, 3.8) is 0 Å². The second kappa shape index (κ2) is 11.5. The Morgan fingerprint density at radius 1 is 0.611 bits per heavy atom. The lowest BCUT2D eigenvalue weighted by atomic mass is 9.96. The fourth-order valence-corrected chi connectivity index (χ4v) is 5.22. The van der Waals surface area contributed by atoms with E-state index in [1.807, 2.05) is 48.5 Å². The number of hydrogen-bond acceptors (Lipinski definition) is 4. The summed E-state index contributed by atoms with van der Waals surface area (Å²) >= 11 is 6.19. The van der Waals surface area contributed by atoms with E-state index in [4.69, 9.17) is 11.6 Å². The maximum absolute atomic E-state index is 12.6. The largest absolute Gasteiger partial charge is 0.318 e. The highest BCUT2D eigenvalue weighted by Gasteiger charge is 2.32. The number of benzene rings is 4. The SMILES string of the molecule is O=CC(N1CCN(C(c2ccccc2)c2ccc(Cl)cc2)CC1)N(c1ccccc1)c1ccccc1. The normalized spacial score (nSPS) is 16.2. The lowest BCUT2D eigenvalue weighted by Crippen LogP contribution is -2.56. The van der Waals surface area contributed by atoms with Crippen molar-refractivity contribution >= 4 is 29.3 Å². The molecule has 2 unspecified atom stereocenters. The van der Waals surface area contributed by atoms with Gasteiger partial charge in [-0.05, 0) is 47.5 Å². The number of hydrogen-bond donors (Lipinski definition) is 0. The molecule has 2 atom stereocenters. The first-order chi connectivity index (χ1) is 17.7. The van der Waals surface area contributed by atoms with Crippen molar-refractivity contribution in [2.45, 2.75) is 12.2 Å². The summed E-state index contributed by atoms with van der Waals surface area (Å²) in [4.78, 5) is 19.5. The van der Waals surface area contributed by atoms with E-state index in [9.17, 15) is 4.79 Å². The van der Waals surface area contributed by atoms with Crippen LogP contribution in [0.3, 0.4) is 0 Å². The summed E-state index contributed by atoms with van der Waals surface area (Å²) in [5, 5.41) is 0.742. The van der Waals surface area contributed by atoms with Gasteiger partial charge in [-0.15, -0.1) is 0 Å². The smallest absolute Gasteiger partial charge is 0.157 e. The summed E-state index contributed by atoms with van der Waals surface area (Å²) in [7, 11) is 0. The Bertz CT molecular complexity index is 1190. The van der Waals surface area contributed by atoms with E-state index < -0.39 is 0 Å². The maximum Gasteiger partial charge on any atom is 0.157 e. The summed E-state index contributed by atoms with van der Waals surface area (Å²) in [6.45, 7) is 3.28. The van der Waals surface area contributed by atoms with Gasteiger partial charge in [0.25, 0.3) is 0 Å². The molecule has 1 aliphatic heterocycles. The third kappa shape index (κ3) is 5.36. The monoisotopic (exact) mass is 495 g/mol. The highest BCUT2D eigenvalue weighted by Crippen LogP contribution is 2.32. The van der Waals surface area contributed by atoms with Gasteiger partial charge in [-0.25, -0.2) is 0 Å².